The predicted molar refractivity (Wildman–Crippen MR) is 112 cm³/mol. The Hall–Kier alpha value is -3.02. The van der Waals surface area contributed by atoms with Crippen LogP contribution >= 0.6 is 0 Å². The molecule has 0 saturated carbocycles. The van der Waals surface area contributed by atoms with Crippen molar-refractivity contribution in [2.24, 2.45) is 0 Å². The number of fused-ring (bicyclic) bond motifs is 1. The van der Waals surface area contributed by atoms with E-state index in [9.17, 15) is 4.79 Å². The molecule has 0 aliphatic carbocycles. The number of hydrogen-bond acceptors (Lipinski definition) is 5. The van der Waals surface area contributed by atoms with E-state index in [0.717, 1.165) is 29.5 Å². The summed E-state index contributed by atoms with van der Waals surface area (Å²) in [6, 6.07) is 13.2. The highest BCUT2D eigenvalue weighted by Crippen LogP contribution is 2.31. The first-order valence-corrected chi connectivity index (χ1v) is 10.1. The van der Waals surface area contributed by atoms with Gasteiger partial charge in [0.2, 0.25) is 5.91 Å². The van der Waals surface area contributed by atoms with Crippen LogP contribution in [0, 0.1) is 0 Å². The fraction of sp³-hybridized carbons (Fsp3) is 0.391. The minimum absolute atomic E-state index is 0.112. The number of nitrogens with one attached hydrogen (secondary N) is 1. The zero-order valence-electron chi connectivity index (χ0n) is 17.2. The Morgan fingerprint density at radius 3 is 2.55 bits per heavy atom. The number of carbonyl (C=O) groups excluding carboxylic acids is 1. The van der Waals surface area contributed by atoms with Crippen molar-refractivity contribution in [3.05, 3.63) is 53.7 Å². The van der Waals surface area contributed by atoms with E-state index in [1.54, 1.807) is 0 Å². The number of benzene rings is 2. The molecule has 0 aliphatic rings. The van der Waals surface area contributed by atoms with Gasteiger partial charge in [0.05, 0.1) is 25.7 Å². The lowest BCUT2D eigenvalue weighted by molar-refractivity contribution is -0.121. The first-order chi connectivity index (χ1) is 14.1. The zero-order chi connectivity index (χ0) is 20.6. The first kappa shape index (κ1) is 20.7. The molecule has 1 N–H and O–H groups in total. The third-order valence-corrected chi connectivity index (χ3v) is 4.55. The van der Waals surface area contributed by atoms with Gasteiger partial charge in [0.25, 0.3) is 0 Å². The summed E-state index contributed by atoms with van der Waals surface area (Å²) in [6.07, 6.45) is 2.01. The molecule has 6 heteroatoms. The van der Waals surface area contributed by atoms with Crippen LogP contribution in [0.15, 0.2) is 47.0 Å². The van der Waals surface area contributed by atoms with Gasteiger partial charge < -0.3 is 19.3 Å². The van der Waals surface area contributed by atoms with E-state index >= 15 is 0 Å². The van der Waals surface area contributed by atoms with Crippen molar-refractivity contribution >= 4 is 16.9 Å². The molecule has 6 nitrogen and oxygen atoms in total. The molecule has 1 aromatic heterocycles. The Morgan fingerprint density at radius 1 is 1.07 bits per heavy atom. The van der Waals surface area contributed by atoms with Crippen LogP contribution in [0.5, 0.6) is 11.5 Å². The minimum Gasteiger partial charge on any atom is -0.490 e. The Kier molecular flexibility index (Phi) is 7.11. The normalized spacial score (nSPS) is 12.0. The fourth-order valence-corrected chi connectivity index (χ4v) is 3.04. The van der Waals surface area contributed by atoms with Crippen LogP contribution in [0.4, 0.5) is 0 Å². The van der Waals surface area contributed by atoms with Gasteiger partial charge in [0.1, 0.15) is 5.69 Å². The highest BCUT2D eigenvalue weighted by atomic mass is 16.5. The standard InChI is InChI=1S/C23H28N2O4/c1-4-12-27-21-11-10-17(14-22(21)28-13-5-2)16(3)24-23(26)15-19-18-8-6-7-9-20(18)29-25-19/h6-11,14,16H,4-5,12-13,15H2,1-3H3,(H,24,26). The highest BCUT2D eigenvalue weighted by molar-refractivity contribution is 5.86. The third-order valence-electron chi connectivity index (χ3n) is 4.55. The van der Waals surface area contributed by atoms with Gasteiger partial charge in [-0.25, -0.2) is 0 Å². The van der Waals surface area contributed by atoms with Gasteiger partial charge in [-0.15, -0.1) is 0 Å². The van der Waals surface area contributed by atoms with Crippen molar-refractivity contribution in [2.75, 3.05) is 13.2 Å². The van der Waals surface area contributed by atoms with Gasteiger partial charge in [0.15, 0.2) is 17.1 Å². The monoisotopic (exact) mass is 396 g/mol. The van der Waals surface area contributed by atoms with Crippen LogP contribution in [0.1, 0.15) is 50.9 Å². The van der Waals surface area contributed by atoms with Crippen LogP contribution in [0.25, 0.3) is 11.0 Å². The smallest absolute Gasteiger partial charge is 0.226 e. The summed E-state index contributed by atoms with van der Waals surface area (Å²) in [7, 11) is 0. The molecule has 0 fully saturated rings. The second-order valence-corrected chi connectivity index (χ2v) is 6.99. The number of amides is 1. The van der Waals surface area contributed by atoms with Crippen LogP contribution in [0.2, 0.25) is 0 Å². The van der Waals surface area contributed by atoms with Crippen LogP contribution in [0.3, 0.4) is 0 Å². The number of rotatable bonds is 10. The number of ether oxygens (including phenoxy) is 2. The van der Waals surface area contributed by atoms with Crippen molar-refractivity contribution in [1.82, 2.24) is 10.5 Å². The van der Waals surface area contributed by atoms with E-state index in [-0.39, 0.29) is 18.4 Å². The van der Waals surface area contributed by atoms with Crippen LogP contribution < -0.4 is 14.8 Å². The molecule has 3 aromatic rings. The lowest BCUT2D eigenvalue weighted by Crippen LogP contribution is -2.28. The van der Waals surface area contributed by atoms with Gasteiger partial charge in [-0.3, -0.25) is 4.79 Å². The second kappa shape index (κ2) is 9.96. The minimum atomic E-state index is -0.176. The van der Waals surface area contributed by atoms with Crippen LogP contribution in [-0.2, 0) is 11.2 Å². The van der Waals surface area contributed by atoms with Crippen molar-refractivity contribution in [3.63, 3.8) is 0 Å². The van der Waals surface area contributed by atoms with E-state index in [4.69, 9.17) is 14.0 Å². The number of carbonyl (C=O) groups is 1. The SMILES string of the molecule is CCCOc1ccc(C(C)NC(=O)Cc2noc3ccccc23)cc1OCCC. The number of hydrogen-bond donors (Lipinski definition) is 1. The molecule has 0 radical (unpaired) electrons. The van der Waals surface area contributed by atoms with E-state index in [2.05, 4.69) is 24.3 Å². The summed E-state index contributed by atoms with van der Waals surface area (Å²) in [6.45, 7) is 7.33. The molecule has 1 atom stereocenters. The molecule has 154 valence electrons. The van der Waals surface area contributed by atoms with Gasteiger partial charge in [0, 0.05) is 5.39 Å². The van der Waals surface area contributed by atoms with Crippen molar-refractivity contribution in [2.45, 2.75) is 46.1 Å². The molecule has 1 unspecified atom stereocenters. The molecule has 2 aromatic carbocycles. The summed E-state index contributed by atoms with van der Waals surface area (Å²) in [4.78, 5) is 12.6. The van der Waals surface area contributed by atoms with Gasteiger partial charge in [-0.1, -0.05) is 37.2 Å². The lowest BCUT2D eigenvalue weighted by Gasteiger charge is -2.18. The molecule has 1 amide bonds. The molecule has 29 heavy (non-hydrogen) atoms. The maximum Gasteiger partial charge on any atom is 0.226 e. The maximum absolute atomic E-state index is 12.6. The summed E-state index contributed by atoms with van der Waals surface area (Å²) in [5.74, 6) is 1.33. The van der Waals surface area contributed by atoms with Crippen molar-refractivity contribution in [1.29, 1.82) is 0 Å². The van der Waals surface area contributed by atoms with Crippen molar-refractivity contribution < 1.29 is 18.8 Å². The number of para-hydroxylation sites is 1. The van der Waals surface area contributed by atoms with E-state index in [1.807, 2.05) is 49.4 Å². The summed E-state index contributed by atoms with van der Waals surface area (Å²) in [5, 5.41) is 7.92. The molecule has 1 heterocycles. The van der Waals surface area contributed by atoms with Gasteiger partial charge in [-0.2, -0.15) is 0 Å². The second-order valence-electron chi connectivity index (χ2n) is 6.99. The lowest BCUT2D eigenvalue weighted by atomic mass is 10.1. The van der Waals surface area contributed by atoms with Gasteiger partial charge >= 0.3 is 0 Å². The van der Waals surface area contributed by atoms with Gasteiger partial charge in [-0.05, 0) is 49.6 Å². The first-order valence-electron chi connectivity index (χ1n) is 10.1. The van der Waals surface area contributed by atoms with E-state index in [0.29, 0.717) is 30.2 Å². The molecule has 0 aliphatic heterocycles. The van der Waals surface area contributed by atoms with Crippen LogP contribution in [-0.4, -0.2) is 24.3 Å². The average Bonchev–Trinajstić information content (AvgIpc) is 3.13. The summed E-state index contributed by atoms with van der Waals surface area (Å²) < 4.78 is 16.9. The Balaban J connectivity index is 1.68. The average molecular weight is 396 g/mol. The summed E-state index contributed by atoms with van der Waals surface area (Å²) in [5.41, 5.74) is 2.28. The molecular formula is C23H28N2O4. The highest BCUT2D eigenvalue weighted by Gasteiger charge is 2.16. The Labute approximate surface area is 171 Å². The number of nitrogens with zero attached hydrogens (tertiary/aromatic N) is 1. The van der Waals surface area contributed by atoms with E-state index < -0.39 is 0 Å². The molecule has 0 bridgehead atoms. The zero-order valence-corrected chi connectivity index (χ0v) is 17.2. The summed E-state index contributed by atoms with van der Waals surface area (Å²) >= 11 is 0. The quantitative estimate of drug-likeness (QED) is 0.532. The third kappa shape index (κ3) is 5.28. The maximum atomic E-state index is 12.6. The molecule has 0 saturated heterocycles. The van der Waals surface area contributed by atoms with E-state index in [1.165, 1.54) is 0 Å². The largest absolute Gasteiger partial charge is 0.490 e. The number of aromatic nitrogens is 1. The fourth-order valence-electron chi connectivity index (χ4n) is 3.04. The molecular weight excluding hydrogens is 368 g/mol. The van der Waals surface area contributed by atoms with Crippen molar-refractivity contribution in [3.8, 4) is 11.5 Å². The predicted octanol–water partition coefficient (Wildman–Crippen LogP) is 4.83. The topological polar surface area (TPSA) is 73.6 Å². The molecule has 3 rings (SSSR count). The molecule has 0 spiro atoms. The Bertz CT molecular complexity index is 951. The Morgan fingerprint density at radius 2 is 1.79 bits per heavy atom.